The molecule has 0 radical (unpaired) electrons. The van der Waals surface area contributed by atoms with Gasteiger partial charge in [0.15, 0.2) is 11.5 Å². The fraction of sp³-hybridized carbons (Fsp3) is 0.405. The van der Waals surface area contributed by atoms with Crippen LogP contribution in [0.25, 0.3) is 32.9 Å². The number of aromatic amines is 2. The van der Waals surface area contributed by atoms with Crippen molar-refractivity contribution in [3.63, 3.8) is 0 Å². The van der Waals surface area contributed by atoms with Gasteiger partial charge in [-0.15, -0.1) is 5.10 Å². The predicted octanol–water partition coefficient (Wildman–Crippen LogP) is 7.71. The molecule has 1 atom stereocenters. The van der Waals surface area contributed by atoms with Crippen LogP contribution < -0.4 is 5.32 Å². The maximum Gasteiger partial charge on any atom is 0.226 e. The molecule has 0 spiro atoms. The highest BCUT2D eigenvalue weighted by Gasteiger charge is 2.39. The summed E-state index contributed by atoms with van der Waals surface area (Å²) in [6, 6.07) is 14.0. The lowest BCUT2D eigenvalue weighted by atomic mass is 9.87. The summed E-state index contributed by atoms with van der Waals surface area (Å²) in [7, 11) is 0. The molecule has 2 saturated carbocycles. The summed E-state index contributed by atoms with van der Waals surface area (Å²) in [5, 5.41) is 32.0. The maximum absolute atomic E-state index is 16.3. The standard InChI is InChI=1S/C29H25Cl2FN4O.C5H9N.C3H2N4/c1-15-19-14-22(23-8-4-12-36(23)29(37)16-9-10-16)35-27(19)20-13-17(5-3-11-33)24(26(32)28(20)34-15)18-6-2-7-21(30)25(18)31;1-4-2-5(1)6-3-4;4-1-3-2-5-7-6-3/h2,6-7,13-14,16,23,35H,3-5,8-10,12H2,1H3;4-6H,1-3H2;2H,(H,5,6,7). The second kappa shape index (κ2) is 14.4. The number of nitrogens with one attached hydrogen (secondary N) is 3. The van der Waals surface area contributed by atoms with E-state index in [9.17, 15) is 10.1 Å². The Morgan fingerprint density at radius 3 is 2.58 bits per heavy atom. The van der Waals surface area contributed by atoms with E-state index in [1.807, 2.05) is 17.9 Å². The molecule has 5 aliphatic rings. The number of carbonyl (C=O) groups is 1. The number of aryl methyl sites for hydroxylation is 2. The first-order valence-corrected chi connectivity index (χ1v) is 17.8. The highest BCUT2D eigenvalue weighted by molar-refractivity contribution is 6.43. The molecule has 6 heterocycles. The topological polar surface area (TPSA) is 150 Å². The lowest BCUT2D eigenvalue weighted by molar-refractivity contribution is -0.133. The Morgan fingerprint density at radius 1 is 1.14 bits per heavy atom. The highest BCUT2D eigenvalue weighted by atomic mass is 35.5. The van der Waals surface area contributed by atoms with Crippen molar-refractivity contribution in [3.05, 3.63) is 75.0 Å². The quantitative estimate of drug-likeness (QED) is 0.169. The molecule has 2 aliphatic carbocycles. The number of carbonyl (C=O) groups excluding carboxylic acids is 1. The van der Waals surface area contributed by atoms with Crippen LogP contribution in [0, 0.1) is 47.2 Å². The Kier molecular flexibility index (Phi) is 9.74. The van der Waals surface area contributed by atoms with Crippen LogP contribution in [-0.4, -0.2) is 55.3 Å². The molecule has 256 valence electrons. The van der Waals surface area contributed by atoms with Crippen molar-refractivity contribution in [2.24, 2.45) is 11.8 Å². The Labute approximate surface area is 299 Å². The van der Waals surface area contributed by atoms with Gasteiger partial charge in [0, 0.05) is 58.2 Å². The van der Waals surface area contributed by atoms with Gasteiger partial charge in [0.25, 0.3) is 0 Å². The number of hydrogen-bond donors (Lipinski definition) is 3. The summed E-state index contributed by atoms with van der Waals surface area (Å²) in [6.45, 7) is 3.95. The van der Waals surface area contributed by atoms with Gasteiger partial charge in [-0.05, 0) is 88.1 Å². The van der Waals surface area contributed by atoms with Gasteiger partial charge in [-0.3, -0.25) is 4.79 Å². The number of halogens is 3. The number of likely N-dealkylation sites (tertiary alicyclic amines) is 1. The molecule has 5 fully saturated rings. The second-order valence-electron chi connectivity index (χ2n) is 13.5. The zero-order chi connectivity index (χ0) is 34.9. The number of hydrogen-bond acceptors (Lipinski definition) is 7. The molecule has 2 aromatic carbocycles. The molecular weight excluding hydrogens is 676 g/mol. The van der Waals surface area contributed by atoms with E-state index in [1.54, 1.807) is 24.3 Å². The van der Waals surface area contributed by atoms with Gasteiger partial charge in [-0.25, -0.2) is 9.37 Å². The number of fused-ring (bicyclic) bond motifs is 4. The van der Waals surface area contributed by atoms with Crippen LogP contribution in [0.15, 0.2) is 36.5 Å². The maximum atomic E-state index is 16.3. The van der Waals surface area contributed by atoms with Crippen LogP contribution in [0.4, 0.5) is 4.39 Å². The van der Waals surface area contributed by atoms with Crippen molar-refractivity contribution in [1.29, 1.82) is 10.5 Å². The van der Waals surface area contributed by atoms with Crippen molar-refractivity contribution in [2.45, 2.75) is 70.4 Å². The van der Waals surface area contributed by atoms with Gasteiger partial charge in [-0.1, -0.05) is 35.3 Å². The number of rotatable bonds is 5. The Morgan fingerprint density at radius 2 is 1.96 bits per heavy atom. The van der Waals surface area contributed by atoms with Gasteiger partial charge in [0.2, 0.25) is 5.91 Å². The lowest BCUT2D eigenvalue weighted by Crippen LogP contribution is -2.31. The van der Waals surface area contributed by atoms with Crippen LogP contribution in [0.1, 0.15) is 73.6 Å². The minimum atomic E-state index is -0.484. The van der Waals surface area contributed by atoms with E-state index in [4.69, 9.17) is 28.5 Å². The minimum Gasteiger partial charge on any atom is -0.356 e. The zero-order valence-electron chi connectivity index (χ0n) is 27.6. The van der Waals surface area contributed by atoms with E-state index >= 15 is 4.39 Å². The van der Waals surface area contributed by atoms with Gasteiger partial charge in [0.05, 0.1) is 33.9 Å². The summed E-state index contributed by atoms with van der Waals surface area (Å²) in [5.41, 5.74) is 4.49. The van der Waals surface area contributed by atoms with E-state index in [-0.39, 0.29) is 34.8 Å². The molecule has 3 aliphatic heterocycles. The normalized spacial score (nSPS) is 20.4. The summed E-state index contributed by atoms with van der Waals surface area (Å²) < 4.78 is 16.3. The summed E-state index contributed by atoms with van der Waals surface area (Å²) >= 11 is 12.8. The van der Waals surface area contributed by atoms with Gasteiger partial charge >= 0.3 is 0 Å². The fourth-order valence-electron chi connectivity index (χ4n) is 7.33. The van der Waals surface area contributed by atoms with Crippen molar-refractivity contribution in [3.8, 4) is 23.3 Å². The summed E-state index contributed by atoms with van der Waals surface area (Å²) in [5.74, 6) is 1.01. The molecule has 10 nitrogen and oxygen atoms in total. The van der Waals surface area contributed by atoms with Crippen LogP contribution in [0.2, 0.25) is 10.0 Å². The first-order chi connectivity index (χ1) is 24.3. The molecule has 5 aromatic rings. The SMILES string of the molecule is C1NC2CC1C2.Cc1nc2c(F)c(-c3cccc(Cl)c3Cl)c(CCC#N)cc2c2[nH]c(C3CCCN3C(=O)C3CC3)cc12.N#Cc1cn[nH]n1. The number of nitrogens with zero attached hydrogens (tertiary/aromatic N) is 6. The number of aromatic nitrogens is 5. The first kappa shape index (κ1) is 33.9. The molecule has 13 heteroatoms. The van der Waals surface area contributed by atoms with Crippen molar-refractivity contribution in [2.75, 3.05) is 13.1 Å². The predicted molar refractivity (Wildman–Crippen MR) is 190 cm³/mol. The van der Waals surface area contributed by atoms with Crippen LogP contribution in [0.5, 0.6) is 0 Å². The number of amides is 1. The molecule has 1 unspecified atom stereocenters. The average molecular weight is 713 g/mol. The smallest absolute Gasteiger partial charge is 0.226 e. The second-order valence-corrected chi connectivity index (χ2v) is 14.2. The average Bonchev–Trinajstić information content (AvgIpc) is 3.71. The molecular formula is C37H36Cl2FN9O. The van der Waals surface area contributed by atoms with Gasteiger partial charge < -0.3 is 15.2 Å². The molecule has 3 saturated heterocycles. The van der Waals surface area contributed by atoms with Gasteiger partial charge in [0.1, 0.15) is 11.6 Å². The van der Waals surface area contributed by atoms with Crippen molar-refractivity contribution >= 4 is 50.9 Å². The molecule has 3 aromatic heterocycles. The molecule has 50 heavy (non-hydrogen) atoms. The monoisotopic (exact) mass is 711 g/mol. The third-order valence-electron chi connectivity index (χ3n) is 10.1. The third kappa shape index (κ3) is 6.66. The summed E-state index contributed by atoms with van der Waals surface area (Å²) in [6.07, 6.45) is 8.71. The van der Waals surface area contributed by atoms with E-state index in [0.29, 0.717) is 44.9 Å². The van der Waals surface area contributed by atoms with Crippen molar-refractivity contribution in [1.82, 2.24) is 35.6 Å². The number of benzene rings is 2. The van der Waals surface area contributed by atoms with E-state index in [1.165, 1.54) is 25.6 Å². The molecule has 3 N–H and O–H groups in total. The van der Waals surface area contributed by atoms with Crippen LogP contribution in [0.3, 0.4) is 0 Å². The Hall–Kier alpha value is -4.55. The number of H-pyrrole nitrogens is 2. The number of nitriles is 2. The third-order valence-corrected chi connectivity index (χ3v) is 10.9. The Balaban J connectivity index is 0.000000249. The van der Waals surface area contributed by atoms with Crippen molar-refractivity contribution < 1.29 is 9.18 Å². The Bertz CT molecular complexity index is 2130. The molecule has 2 bridgehead atoms. The molecule has 1 amide bonds. The van der Waals surface area contributed by atoms with E-state index in [0.717, 1.165) is 60.8 Å². The number of pyridine rings is 1. The van der Waals surface area contributed by atoms with Gasteiger partial charge in [-0.2, -0.15) is 20.8 Å². The first-order valence-electron chi connectivity index (χ1n) is 17.0. The van der Waals surface area contributed by atoms with Crippen LogP contribution in [-0.2, 0) is 11.2 Å². The molecule has 10 rings (SSSR count). The lowest BCUT2D eigenvalue weighted by Gasteiger charge is -2.24. The fourth-order valence-corrected chi connectivity index (χ4v) is 7.72. The van der Waals surface area contributed by atoms with Crippen LogP contribution >= 0.6 is 23.2 Å². The summed E-state index contributed by atoms with van der Waals surface area (Å²) in [4.78, 5) is 23.1. The highest BCUT2D eigenvalue weighted by Crippen LogP contribution is 2.43. The van der Waals surface area contributed by atoms with E-state index < -0.39 is 5.82 Å². The zero-order valence-corrected chi connectivity index (χ0v) is 29.1. The minimum absolute atomic E-state index is 0.0117. The largest absolute Gasteiger partial charge is 0.356 e. The van der Waals surface area contributed by atoms with E-state index in [2.05, 4.69) is 42.8 Å².